The summed E-state index contributed by atoms with van der Waals surface area (Å²) in [5, 5.41) is 11.9. The van der Waals surface area contributed by atoms with E-state index in [2.05, 4.69) is 5.32 Å². The van der Waals surface area contributed by atoms with Crippen LogP contribution in [0.15, 0.2) is 17.0 Å². The van der Waals surface area contributed by atoms with Crippen molar-refractivity contribution in [3.63, 3.8) is 0 Å². The van der Waals surface area contributed by atoms with Crippen LogP contribution in [0.4, 0.5) is 5.69 Å². The van der Waals surface area contributed by atoms with E-state index in [1.165, 1.54) is 11.4 Å². The number of aryl methyl sites for hydroxylation is 2. The zero-order valence-corrected chi connectivity index (χ0v) is 14.1. The van der Waals surface area contributed by atoms with Crippen LogP contribution in [0.3, 0.4) is 0 Å². The van der Waals surface area contributed by atoms with Gasteiger partial charge in [-0.1, -0.05) is 0 Å². The molecule has 1 atom stereocenters. The Morgan fingerprint density at radius 3 is 2.29 bits per heavy atom. The maximum Gasteiger partial charge on any atom is 0.243 e. The molecule has 1 aromatic rings. The maximum atomic E-state index is 12.8. The predicted molar refractivity (Wildman–Crippen MR) is 84.7 cm³/mol. The summed E-state index contributed by atoms with van der Waals surface area (Å²) >= 11 is 0. The summed E-state index contributed by atoms with van der Waals surface area (Å²) in [5.74, 6) is 0. The van der Waals surface area contributed by atoms with Crippen LogP contribution in [0.1, 0.15) is 31.4 Å². The summed E-state index contributed by atoms with van der Waals surface area (Å²) in [6, 6.07) is 5.34. The monoisotopic (exact) mass is 309 g/mol. The average Bonchev–Trinajstić information content (AvgIpc) is 2.37. The number of benzene rings is 1. The SMILES string of the molecule is CCNc1cc(C)c(S(=O)(=O)N(C)C(C)CC#N)c(C)c1. The fourth-order valence-corrected chi connectivity index (χ4v) is 4.07. The second-order valence-corrected chi connectivity index (χ2v) is 7.14. The van der Waals surface area contributed by atoms with Gasteiger partial charge in [-0.05, 0) is 51.0 Å². The Bertz CT molecular complexity index is 624. The highest BCUT2D eigenvalue weighted by molar-refractivity contribution is 7.89. The van der Waals surface area contributed by atoms with E-state index in [1.54, 1.807) is 20.8 Å². The Morgan fingerprint density at radius 2 is 1.86 bits per heavy atom. The molecule has 0 radical (unpaired) electrons. The highest BCUT2D eigenvalue weighted by Gasteiger charge is 2.28. The topological polar surface area (TPSA) is 73.2 Å². The van der Waals surface area contributed by atoms with Crippen molar-refractivity contribution in [2.24, 2.45) is 0 Å². The molecule has 0 amide bonds. The van der Waals surface area contributed by atoms with Crippen LogP contribution in [-0.4, -0.2) is 32.4 Å². The summed E-state index contributed by atoms with van der Waals surface area (Å²) in [5.41, 5.74) is 2.34. The minimum absolute atomic E-state index is 0.170. The quantitative estimate of drug-likeness (QED) is 0.876. The molecule has 0 heterocycles. The lowest BCUT2D eigenvalue weighted by Gasteiger charge is -2.24. The van der Waals surface area contributed by atoms with Gasteiger partial charge < -0.3 is 5.32 Å². The number of sulfonamides is 1. The van der Waals surface area contributed by atoms with Crippen molar-refractivity contribution in [3.05, 3.63) is 23.3 Å². The number of nitriles is 1. The largest absolute Gasteiger partial charge is 0.385 e. The van der Waals surface area contributed by atoms with Crippen molar-refractivity contribution in [1.29, 1.82) is 5.26 Å². The number of rotatable bonds is 6. The number of nitrogens with one attached hydrogen (secondary N) is 1. The molecule has 1 rings (SSSR count). The summed E-state index contributed by atoms with van der Waals surface area (Å²) in [7, 11) is -2.08. The molecule has 0 aromatic heterocycles. The summed E-state index contributed by atoms with van der Waals surface area (Å²) in [4.78, 5) is 0.330. The number of nitrogens with zero attached hydrogens (tertiary/aromatic N) is 2. The molecule has 0 aliphatic carbocycles. The van der Waals surface area contributed by atoms with E-state index in [4.69, 9.17) is 5.26 Å². The van der Waals surface area contributed by atoms with E-state index in [0.717, 1.165) is 12.2 Å². The molecule has 1 aromatic carbocycles. The standard InChI is InChI=1S/C15H23N3O2S/c1-6-17-14-9-11(2)15(12(3)10-14)21(19,20)18(5)13(4)7-8-16/h9-10,13,17H,6-7H2,1-5H3. The van der Waals surface area contributed by atoms with Gasteiger partial charge >= 0.3 is 0 Å². The minimum atomic E-state index is -3.60. The Morgan fingerprint density at radius 1 is 1.33 bits per heavy atom. The fraction of sp³-hybridized carbons (Fsp3) is 0.533. The molecule has 0 saturated carbocycles. The number of anilines is 1. The molecule has 0 aliphatic heterocycles. The first-order valence-corrected chi connectivity index (χ1v) is 8.39. The number of hydrogen-bond donors (Lipinski definition) is 1. The second-order valence-electron chi connectivity index (χ2n) is 5.20. The van der Waals surface area contributed by atoms with Crippen molar-refractivity contribution in [2.45, 2.75) is 45.1 Å². The number of hydrogen-bond acceptors (Lipinski definition) is 4. The van der Waals surface area contributed by atoms with Crippen LogP contribution in [0, 0.1) is 25.2 Å². The predicted octanol–water partition coefficient (Wildman–Crippen LogP) is 2.66. The highest BCUT2D eigenvalue weighted by Crippen LogP contribution is 2.27. The lowest BCUT2D eigenvalue weighted by molar-refractivity contribution is 0.392. The first kappa shape index (κ1) is 17.5. The van der Waals surface area contributed by atoms with Gasteiger partial charge in [-0.2, -0.15) is 9.57 Å². The lowest BCUT2D eigenvalue weighted by Crippen LogP contribution is -2.35. The van der Waals surface area contributed by atoms with E-state index in [9.17, 15) is 8.42 Å². The van der Waals surface area contributed by atoms with Crippen molar-refractivity contribution in [2.75, 3.05) is 18.9 Å². The maximum absolute atomic E-state index is 12.8. The molecule has 116 valence electrons. The molecule has 1 unspecified atom stereocenters. The zero-order chi connectivity index (χ0) is 16.2. The van der Waals surface area contributed by atoms with Crippen LogP contribution in [0.25, 0.3) is 0 Å². The van der Waals surface area contributed by atoms with Gasteiger partial charge in [0.25, 0.3) is 0 Å². The lowest BCUT2D eigenvalue weighted by atomic mass is 10.1. The van der Waals surface area contributed by atoms with Crippen LogP contribution in [-0.2, 0) is 10.0 Å². The molecule has 21 heavy (non-hydrogen) atoms. The molecule has 0 aliphatic rings. The van der Waals surface area contributed by atoms with Crippen LogP contribution in [0.5, 0.6) is 0 Å². The van der Waals surface area contributed by atoms with E-state index >= 15 is 0 Å². The van der Waals surface area contributed by atoms with Gasteiger partial charge in [0.05, 0.1) is 17.4 Å². The highest BCUT2D eigenvalue weighted by atomic mass is 32.2. The minimum Gasteiger partial charge on any atom is -0.385 e. The van der Waals surface area contributed by atoms with Crippen LogP contribution >= 0.6 is 0 Å². The van der Waals surface area contributed by atoms with Gasteiger partial charge in [0.1, 0.15) is 0 Å². The fourth-order valence-electron chi connectivity index (χ4n) is 2.30. The molecule has 0 saturated heterocycles. The molecule has 1 N–H and O–H groups in total. The molecule has 0 bridgehead atoms. The molecule has 5 nitrogen and oxygen atoms in total. The van der Waals surface area contributed by atoms with E-state index < -0.39 is 10.0 Å². The second kappa shape index (κ2) is 6.92. The van der Waals surface area contributed by atoms with Crippen LogP contribution in [0.2, 0.25) is 0 Å². The molecular formula is C15H23N3O2S. The normalized spacial score (nSPS) is 13.0. The molecular weight excluding hydrogens is 286 g/mol. The van der Waals surface area contributed by atoms with E-state index in [-0.39, 0.29) is 12.5 Å². The van der Waals surface area contributed by atoms with Crippen molar-refractivity contribution in [1.82, 2.24) is 4.31 Å². The third kappa shape index (κ3) is 3.74. The van der Waals surface area contributed by atoms with Crippen molar-refractivity contribution >= 4 is 15.7 Å². The van der Waals surface area contributed by atoms with Gasteiger partial charge in [-0.25, -0.2) is 8.42 Å². The van der Waals surface area contributed by atoms with Crippen molar-refractivity contribution in [3.8, 4) is 6.07 Å². The van der Waals surface area contributed by atoms with E-state index in [1.807, 2.05) is 25.1 Å². The molecule has 0 spiro atoms. The summed E-state index contributed by atoms with van der Waals surface area (Å²) in [6.45, 7) is 8.10. The first-order valence-electron chi connectivity index (χ1n) is 6.95. The van der Waals surface area contributed by atoms with Gasteiger partial charge in [0, 0.05) is 25.3 Å². The Hall–Kier alpha value is -1.58. The Labute approximate surface area is 127 Å². The Kier molecular flexibility index (Phi) is 5.76. The Balaban J connectivity index is 3.29. The summed E-state index contributed by atoms with van der Waals surface area (Å²) in [6.07, 6.45) is 0.170. The van der Waals surface area contributed by atoms with Crippen LogP contribution < -0.4 is 5.32 Å². The third-order valence-electron chi connectivity index (χ3n) is 3.49. The molecule has 0 fully saturated rings. The van der Waals surface area contributed by atoms with Gasteiger partial charge in [-0.15, -0.1) is 0 Å². The zero-order valence-electron chi connectivity index (χ0n) is 13.3. The van der Waals surface area contributed by atoms with E-state index in [0.29, 0.717) is 16.0 Å². The van der Waals surface area contributed by atoms with Gasteiger partial charge in [0.2, 0.25) is 10.0 Å². The van der Waals surface area contributed by atoms with Gasteiger partial charge in [-0.3, -0.25) is 0 Å². The molecule has 6 heteroatoms. The first-order chi connectivity index (χ1) is 9.75. The van der Waals surface area contributed by atoms with Crippen molar-refractivity contribution < 1.29 is 8.42 Å². The summed E-state index contributed by atoms with van der Waals surface area (Å²) < 4.78 is 26.8. The smallest absolute Gasteiger partial charge is 0.243 e. The third-order valence-corrected chi connectivity index (χ3v) is 5.76. The average molecular weight is 309 g/mol. The van der Waals surface area contributed by atoms with Gasteiger partial charge in [0.15, 0.2) is 0 Å².